The van der Waals surface area contributed by atoms with Crippen molar-refractivity contribution in [3.05, 3.63) is 41.8 Å². The smallest absolute Gasteiger partial charge is 0.226 e. The van der Waals surface area contributed by atoms with Gasteiger partial charge in [-0.15, -0.1) is 0 Å². The minimum atomic E-state index is 0.584. The Bertz CT molecular complexity index is 584. The number of hydrogen-bond donors (Lipinski definition) is 1. The Labute approximate surface area is 119 Å². The molecule has 5 nitrogen and oxygen atoms in total. The van der Waals surface area contributed by atoms with Crippen LogP contribution in [-0.2, 0) is 6.54 Å². The summed E-state index contributed by atoms with van der Waals surface area (Å²) in [5.74, 6) is 1.45. The third-order valence-corrected chi connectivity index (χ3v) is 2.91. The Hall–Kier alpha value is -2.30. The highest BCUT2D eigenvalue weighted by atomic mass is 16.3. The number of nitrogens with zero attached hydrogens (tertiary/aromatic N) is 3. The number of guanidine groups is 1. The summed E-state index contributed by atoms with van der Waals surface area (Å²) in [5.41, 5.74) is 3.05. The standard InChI is InChI=1S/C15H20N4O/c1-11-5-7-12(8-6-11)14-18-13(10-20-14)9-17-15(16-2)19(3)4/h5-8,10H,9H2,1-4H3,(H,16,17). The second kappa shape index (κ2) is 6.23. The summed E-state index contributed by atoms with van der Waals surface area (Å²) in [6.45, 7) is 2.64. The van der Waals surface area contributed by atoms with E-state index in [2.05, 4.69) is 22.2 Å². The molecule has 2 aromatic rings. The van der Waals surface area contributed by atoms with Crippen molar-refractivity contribution in [2.75, 3.05) is 21.1 Å². The molecule has 0 atom stereocenters. The van der Waals surface area contributed by atoms with Gasteiger partial charge in [0, 0.05) is 26.7 Å². The van der Waals surface area contributed by atoms with Crippen LogP contribution in [0.15, 0.2) is 39.9 Å². The zero-order valence-electron chi connectivity index (χ0n) is 12.3. The van der Waals surface area contributed by atoms with Gasteiger partial charge in [-0.3, -0.25) is 4.99 Å². The molecule has 0 aliphatic carbocycles. The monoisotopic (exact) mass is 272 g/mol. The molecule has 0 radical (unpaired) electrons. The van der Waals surface area contributed by atoms with Crippen LogP contribution in [0.5, 0.6) is 0 Å². The van der Waals surface area contributed by atoms with Gasteiger partial charge >= 0.3 is 0 Å². The predicted octanol–water partition coefficient (Wildman–Crippen LogP) is 2.29. The van der Waals surface area contributed by atoms with E-state index in [9.17, 15) is 0 Å². The number of aromatic nitrogens is 1. The summed E-state index contributed by atoms with van der Waals surface area (Å²) in [6, 6.07) is 8.12. The first-order valence-electron chi connectivity index (χ1n) is 6.49. The van der Waals surface area contributed by atoms with Gasteiger partial charge in [-0.2, -0.15) is 0 Å². The van der Waals surface area contributed by atoms with Crippen molar-refractivity contribution in [3.8, 4) is 11.5 Å². The average molecular weight is 272 g/mol. The van der Waals surface area contributed by atoms with Gasteiger partial charge in [-0.25, -0.2) is 4.98 Å². The Morgan fingerprint density at radius 3 is 2.60 bits per heavy atom. The van der Waals surface area contributed by atoms with Crippen molar-refractivity contribution in [1.29, 1.82) is 0 Å². The van der Waals surface area contributed by atoms with Crippen LogP contribution in [0.25, 0.3) is 11.5 Å². The molecule has 106 valence electrons. The fourth-order valence-corrected chi connectivity index (χ4v) is 1.82. The summed E-state index contributed by atoms with van der Waals surface area (Å²) in [6.07, 6.45) is 1.67. The number of aryl methyl sites for hydroxylation is 1. The van der Waals surface area contributed by atoms with Crippen molar-refractivity contribution in [2.24, 2.45) is 4.99 Å². The fourth-order valence-electron chi connectivity index (χ4n) is 1.82. The zero-order valence-corrected chi connectivity index (χ0v) is 12.3. The van der Waals surface area contributed by atoms with Crippen molar-refractivity contribution >= 4 is 5.96 Å². The van der Waals surface area contributed by atoms with E-state index in [0.29, 0.717) is 12.4 Å². The number of hydrogen-bond acceptors (Lipinski definition) is 3. The lowest BCUT2D eigenvalue weighted by Gasteiger charge is -2.15. The van der Waals surface area contributed by atoms with Crippen LogP contribution in [0, 0.1) is 6.92 Å². The van der Waals surface area contributed by atoms with E-state index in [4.69, 9.17) is 4.42 Å². The molecule has 1 aromatic heterocycles. The lowest BCUT2D eigenvalue weighted by Crippen LogP contribution is -2.35. The summed E-state index contributed by atoms with van der Waals surface area (Å²) >= 11 is 0. The van der Waals surface area contributed by atoms with E-state index in [0.717, 1.165) is 17.2 Å². The molecule has 1 heterocycles. The van der Waals surface area contributed by atoms with Gasteiger partial charge in [0.1, 0.15) is 6.26 Å². The van der Waals surface area contributed by atoms with Gasteiger partial charge in [0.15, 0.2) is 5.96 Å². The highest BCUT2D eigenvalue weighted by molar-refractivity contribution is 5.79. The molecule has 0 unspecified atom stereocenters. The third kappa shape index (κ3) is 3.38. The zero-order chi connectivity index (χ0) is 14.5. The molecule has 0 saturated heterocycles. The molecule has 1 N–H and O–H groups in total. The molecule has 0 spiro atoms. The number of aliphatic imine (C=N–C) groups is 1. The summed E-state index contributed by atoms with van der Waals surface area (Å²) in [5, 5.41) is 3.21. The Balaban J connectivity index is 2.04. The maximum absolute atomic E-state index is 5.51. The van der Waals surface area contributed by atoms with Crippen LogP contribution < -0.4 is 5.32 Å². The highest BCUT2D eigenvalue weighted by Crippen LogP contribution is 2.18. The van der Waals surface area contributed by atoms with Crippen LogP contribution >= 0.6 is 0 Å². The maximum atomic E-state index is 5.51. The fraction of sp³-hybridized carbons (Fsp3) is 0.333. The SMILES string of the molecule is CN=C(NCc1coc(-c2ccc(C)cc2)n1)N(C)C. The van der Waals surface area contributed by atoms with Crippen molar-refractivity contribution in [2.45, 2.75) is 13.5 Å². The van der Waals surface area contributed by atoms with E-state index in [1.165, 1.54) is 5.56 Å². The lowest BCUT2D eigenvalue weighted by molar-refractivity contribution is 0.567. The van der Waals surface area contributed by atoms with E-state index >= 15 is 0 Å². The maximum Gasteiger partial charge on any atom is 0.226 e. The third-order valence-electron chi connectivity index (χ3n) is 2.91. The number of rotatable bonds is 3. The quantitative estimate of drug-likeness (QED) is 0.688. The molecule has 0 saturated carbocycles. The van der Waals surface area contributed by atoms with Gasteiger partial charge < -0.3 is 14.6 Å². The molecule has 2 rings (SSSR count). The van der Waals surface area contributed by atoms with E-state index < -0.39 is 0 Å². The van der Waals surface area contributed by atoms with Crippen molar-refractivity contribution in [1.82, 2.24) is 15.2 Å². The molecule has 5 heteroatoms. The van der Waals surface area contributed by atoms with Crippen LogP contribution in [0.1, 0.15) is 11.3 Å². The van der Waals surface area contributed by atoms with E-state index in [-0.39, 0.29) is 0 Å². The van der Waals surface area contributed by atoms with Gasteiger partial charge in [0.05, 0.1) is 12.2 Å². The molecular formula is C15H20N4O. The highest BCUT2D eigenvalue weighted by Gasteiger charge is 2.07. The second-order valence-corrected chi connectivity index (χ2v) is 4.81. The largest absolute Gasteiger partial charge is 0.444 e. The molecule has 0 fully saturated rings. The van der Waals surface area contributed by atoms with Crippen molar-refractivity contribution in [3.63, 3.8) is 0 Å². The Morgan fingerprint density at radius 1 is 1.30 bits per heavy atom. The minimum absolute atomic E-state index is 0.584. The Kier molecular flexibility index (Phi) is 4.40. The van der Waals surface area contributed by atoms with Gasteiger partial charge in [0.2, 0.25) is 5.89 Å². The molecule has 20 heavy (non-hydrogen) atoms. The van der Waals surface area contributed by atoms with Gasteiger partial charge in [-0.1, -0.05) is 17.7 Å². The molecule has 0 aliphatic rings. The van der Waals surface area contributed by atoms with Crippen LogP contribution in [0.3, 0.4) is 0 Å². The number of nitrogens with one attached hydrogen (secondary N) is 1. The lowest BCUT2D eigenvalue weighted by atomic mass is 10.1. The van der Waals surface area contributed by atoms with Crippen molar-refractivity contribution < 1.29 is 4.42 Å². The second-order valence-electron chi connectivity index (χ2n) is 4.81. The summed E-state index contributed by atoms with van der Waals surface area (Å²) in [4.78, 5) is 10.5. The molecule has 0 amide bonds. The molecule has 0 bridgehead atoms. The normalized spacial score (nSPS) is 11.5. The van der Waals surface area contributed by atoms with Gasteiger partial charge in [0.25, 0.3) is 0 Å². The first-order chi connectivity index (χ1) is 9.60. The first kappa shape index (κ1) is 14.1. The number of oxazole rings is 1. The topological polar surface area (TPSA) is 53.7 Å². The van der Waals surface area contributed by atoms with E-state index in [1.807, 2.05) is 43.3 Å². The van der Waals surface area contributed by atoms with Crippen LogP contribution in [-0.4, -0.2) is 37.0 Å². The summed E-state index contributed by atoms with van der Waals surface area (Å²) in [7, 11) is 5.63. The average Bonchev–Trinajstić information content (AvgIpc) is 2.89. The summed E-state index contributed by atoms with van der Waals surface area (Å²) < 4.78 is 5.51. The Morgan fingerprint density at radius 2 is 2.00 bits per heavy atom. The van der Waals surface area contributed by atoms with Crippen LogP contribution in [0.2, 0.25) is 0 Å². The van der Waals surface area contributed by atoms with E-state index in [1.54, 1.807) is 13.3 Å². The van der Waals surface area contributed by atoms with Crippen LogP contribution in [0.4, 0.5) is 0 Å². The molecule has 0 aliphatic heterocycles. The number of benzene rings is 1. The van der Waals surface area contributed by atoms with Gasteiger partial charge in [-0.05, 0) is 19.1 Å². The first-order valence-corrected chi connectivity index (χ1v) is 6.49. The predicted molar refractivity (Wildman–Crippen MR) is 80.6 cm³/mol. The molecular weight excluding hydrogens is 252 g/mol. The molecule has 1 aromatic carbocycles. The minimum Gasteiger partial charge on any atom is -0.444 e.